The van der Waals surface area contributed by atoms with Crippen LogP contribution in [0.1, 0.15) is 0 Å². The standard InChI is InChI=1S/C42H31OP/c43-39-21-23-40(24-22-39)44(41-27-35(31-13-5-1-6-14-31)25-36(28-41)32-15-7-2-8-16-32)42-29-37(33-17-9-3-10-18-33)26-38(30-42)34-19-11-4-12-20-34/h1-30,43H. The normalized spacial score (nSPS) is 11.0. The lowest BCUT2D eigenvalue weighted by atomic mass is 9.99. The van der Waals surface area contributed by atoms with Gasteiger partial charge in [-0.25, -0.2) is 0 Å². The summed E-state index contributed by atoms with van der Waals surface area (Å²) in [6.45, 7) is 0. The molecule has 0 atom stereocenters. The lowest BCUT2D eigenvalue weighted by Gasteiger charge is -2.23. The van der Waals surface area contributed by atoms with E-state index in [1.807, 2.05) is 12.1 Å². The molecule has 44 heavy (non-hydrogen) atoms. The zero-order chi connectivity index (χ0) is 29.7. The quantitative estimate of drug-likeness (QED) is 0.186. The molecule has 0 unspecified atom stereocenters. The summed E-state index contributed by atoms with van der Waals surface area (Å²) in [6, 6.07) is 64.3. The second-order valence-electron chi connectivity index (χ2n) is 10.9. The Morgan fingerprint density at radius 1 is 0.273 bits per heavy atom. The van der Waals surface area contributed by atoms with E-state index in [2.05, 4.69) is 170 Å². The summed E-state index contributed by atoms with van der Waals surface area (Å²) in [5.74, 6) is 0.273. The van der Waals surface area contributed by atoms with Crippen LogP contribution in [0.25, 0.3) is 44.5 Å². The van der Waals surface area contributed by atoms with Gasteiger partial charge in [-0.1, -0.05) is 133 Å². The third kappa shape index (κ3) is 5.97. The Bertz CT molecular complexity index is 1740. The number of phenolic OH excluding ortho intramolecular Hbond substituents is 1. The van der Waals surface area contributed by atoms with E-state index in [-0.39, 0.29) is 5.75 Å². The topological polar surface area (TPSA) is 20.2 Å². The molecule has 2 heteroatoms. The molecule has 0 aromatic heterocycles. The van der Waals surface area contributed by atoms with Gasteiger partial charge in [0.1, 0.15) is 5.75 Å². The predicted octanol–water partition coefficient (Wildman–Crippen LogP) is 9.82. The predicted molar refractivity (Wildman–Crippen MR) is 189 cm³/mol. The van der Waals surface area contributed by atoms with Crippen molar-refractivity contribution in [3.8, 4) is 50.3 Å². The molecule has 0 saturated heterocycles. The molecule has 0 aliphatic heterocycles. The summed E-state index contributed by atoms with van der Waals surface area (Å²) in [4.78, 5) is 0. The molecular formula is C42H31OP. The molecule has 0 fully saturated rings. The Labute approximate surface area is 260 Å². The highest BCUT2D eigenvalue weighted by Crippen LogP contribution is 2.39. The van der Waals surface area contributed by atoms with E-state index < -0.39 is 7.92 Å². The van der Waals surface area contributed by atoms with Crippen LogP contribution in [-0.4, -0.2) is 5.11 Å². The Kier molecular flexibility index (Phi) is 7.88. The fourth-order valence-electron chi connectivity index (χ4n) is 5.72. The molecule has 0 bridgehead atoms. The van der Waals surface area contributed by atoms with Crippen molar-refractivity contribution in [3.05, 3.63) is 182 Å². The summed E-state index contributed by atoms with van der Waals surface area (Å²) in [5, 5.41) is 14.0. The highest BCUT2D eigenvalue weighted by Gasteiger charge is 2.21. The third-order valence-corrected chi connectivity index (χ3v) is 10.3. The number of hydrogen-bond donors (Lipinski definition) is 1. The lowest BCUT2D eigenvalue weighted by Crippen LogP contribution is -2.21. The van der Waals surface area contributed by atoms with Gasteiger partial charge in [-0.05, 0) is 117 Å². The molecule has 7 aromatic rings. The molecule has 0 amide bonds. The first-order valence-electron chi connectivity index (χ1n) is 14.8. The van der Waals surface area contributed by atoms with Crippen molar-refractivity contribution in [1.82, 2.24) is 0 Å². The van der Waals surface area contributed by atoms with E-state index in [9.17, 15) is 5.11 Å². The van der Waals surface area contributed by atoms with E-state index >= 15 is 0 Å². The SMILES string of the molecule is Oc1ccc(P(c2cc(-c3ccccc3)cc(-c3ccccc3)c2)c2cc(-c3ccccc3)cc(-c3ccccc3)c2)cc1. The summed E-state index contributed by atoms with van der Waals surface area (Å²) in [7, 11) is -0.996. The molecule has 1 nitrogen and oxygen atoms in total. The Balaban J connectivity index is 1.50. The number of hydrogen-bond acceptors (Lipinski definition) is 1. The highest BCUT2D eigenvalue weighted by molar-refractivity contribution is 7.79. The van der Waals surface area contributed by atoms with Crippen LogP contribution in [0.15, 0.2) is 182 Å². The second-order valence-corrected chi connectivity index (χ2v) is 13.1. The molecule has 7 rings (SSSR count). The molecule has 1 N–H and O–H groups in total. The van der Waals surface area contributed by atoms with Gasteiger partial charge in [-0.2, -0.15) is 0 Å². The van der Waals surface area contributed by atoms with Gasteiger partial charge >= 0.3 is 0 Å². The Hall–Kier alpha value is -5.23. The number of phenols is 1. The van der Waals surface area contributed by atoms with Crippen LogP contribution >= 0.6 is 7.92 Å². The van der Waals surface area contributed by atoms with Crippen molar-refractivity contribution < 1.29 is 5.11 Å². The average molecular weight is 583 g/mol. The summed E-state index contributed by atoms with van der Waals surface area (Å²) in [6.07, 6.45) is 0. The number of benzene rings is 7. The van der Waals surface area contributed by atoms with Crippen LogP contribution in [-0.2, 0) is 0 Å². The van der Waals surface area contributed by atoms with E-state index in [1.54, 1.807) is 0 Å². The van der Waals surface area contributed by atoms with E-state index in [4.69, 9.17) is 0 Å². The molecule has 210 valence electrons. The molecule has 0 spiro atoms. The molecule has 7 aromatic carbocycles. The van der Waals surface area contributed by atoms with Crippen molar-refractivity contribution in [1.29, 1.82) is 0 Å². The lowest BCUT2D eigenvalue weighted by molar-refractivity contribution is 0.475. The molecular weight excluding hydrogens is 551 g/mol. The van der Waals surface area contributed by atoms with Gasteiger partial charge in [0.05, 0.1) is 0 Å². The smallest absolute Gasteiger partial charge is 0.115 e. The van der Waals surface area contributed by atoms with Crippen molar-refractivity contribution >= 4 is 23.8 Å². The van der Waals surface area contributed by atoms with Crippen LogP contribution in [0, 0.1) is 0 Å². The number of aromatic hydroxyl groups is 1. The highest BCUT2D eigenvalue weighted by atomic mass is 31.1. The molecule has 0 saturated carbocycles. The van der Waals surface area contributed by atoms with Crippen LogP contribution in [0.4, 0.5) is 0 Å². The average Bonchev–Trinajstić information content (AvgIpc) is 3.10. The summed E-state index contributed by atoms with van der Waals surface area (Å²) >= 11 is 0. The summed E-state index contributed by atoms with van der Waals surface area (Å²) < 4.78 is 0. The monoisotopic (exact) mass is 582 g/mol. The van der Waals surface area contributed by atoms with Gasteiger partial charge in [0.25, 0.3) is 0 Å². The molecule has 0 heterocycles. The van der Waals surface area contributed by atoms with Crippen LogP contribution in [0.2, 0.25) is 0 Å². The minimum absolute atomic E-state index is 0.273. The van der Waals surface area contributed by atoms with Gasteiger partial charge in [0, 0.05) is 0 Å². The van der Waals surface area contributed by atoms with E-state index in [0.29, 0.717) is 0 Å². The zero-order valence-corrected chi connectivity index (χ0v) is 25.1. The van der Waals surface area contributed by atoms with Gasteiger partial charge in [-0.3, -0.25) is 0 Å². The van der Waals surface area contributed by atoms with E-state index in [1.165, 1.54) is 60.4 Å². The molecule has 0 radical (unpaired) electrons. The third-order valence-electron chi connectivity index (χ3n) is 7.89. The van der Waals surface area contributed by atoms with Gasteiger partial charge < -0.3 is 5.11 Å². The largest absolute Gasteiger partial charge is 0.508 e. The number of rotatable bonds is 7. The van der Waals surface area contributed by atoms with Crippen molar-refractivity contribution in [2.24, 2.45) is 0 Å². The van der Waals surface area contributed by atoms with Gasteiger partial charge in [0.15, 0.2) is 0 Å². The van der Waals surface area contributed by atoms with Crippen molar-refractivity contribution in [3.63, 3.8) is 0 Å². The first-order chi connectivity index (χ1) is 21.7. The van der Waals surface area contributed by atoms with E-state index in [0.717, 1.165) is 0 Å². The maximum atomic E-state index is 10.3. The fraction of sp³-hybridized carbons (Fsp3) is 0. The second kappa shape index (κ2) is 12.6. The van der Waals surface area contributed by atoms with Crippen molar-refractivity contribution in [2.75, 3.05) is 0 Å². The minimum atomic E-state index is -0.996. The fourth-order valence-corrected chi connectivity index (χ4v) is 8.13. The molecule has 0 aliphatic carbocycles. The Morgan fingerprint density at radius 2 is 0.568 bits per heavy atom. The van der Waals surface area contributed by atoms with Gasteiger partial charge in [-0.15, -0.1) is 0 Å². The van der Waals surface area contributed by atoms with Crippen LogP contribution in [0.5, 0.6) is 5.75 Å². The summed E-state index contributed by atoms with van der Waals surface area (Å²) in [5.41, 5.74) is 9.52. The Morgan fingerprint density at radius 3 is 0.864 bits per heavy atom. The zero-order valence-electron chi connectivity index (χ0n) is 24.2. The van der Waals surface area contributed by atoms with Crippen LogP contribution in [0.3, 0.4) is 0 Å². The van der Waals surface area contributed by atoms with Gasteiger partial charge in [0.2, 0.25) is 0 Å². The minimum Gasteiger partial charge on any atom is -0.508 e. The first kappa shape index (κ1) is 27.6. The molecule has 0 aliphatic rings. The first-order valence-corrected chi connectivity index (χ1v) is 16.2. The van der Waals surface area contributed by atoms with Crippen molar-refractivity contribution in [2.45, 2.75) is 0 Å². The van der Waals surface area contributed by atoms with Crippen LogP contribution < -0.4 is 15.9 Å². The maximum Gasteiger partial charge on any atom is 0.115 e. The maximum absolute atomic E-state index is 10.3.